The Morgan fingerprint density at radius 3 is 2.58 bits per heavy atom. The van der Waals surface area contributed by atoms with Crippen LogP contribution in [-0.4, -0.2) is 43.7 Å². The van der Waals surface area contributed by atoms with Crippen LogP contribution in [0.1, 0.15) is 21.7 Å². The van der Waals surface area contributed by atoms with Crippen molar-refractivity contribution in [3.05, 3.63) is 64.4 Å². The third-order valence-corrected chi connectivity index (χ3v) is 6.07. The molecule has 172 valence electrons. The summed E-state index contributed by atoms with van der Waals surface area (Å²) in [6.45, 7) is 2.44. The summed E-state index contributed by atoms with van der Waals surface area (Å²) in [5.41, 5.74) is 9.20. The SMILES string of the molecule is Cc1nc(N)c2c(n1)OCCN(c1ccc(-c3ccc(CNS(C)(=O)=O)cc3Cl)cc1)C2=O. The van der Waals surface area contributed by atoms with Gasteiger partial charge in [0.2, 0.25) is 15.9 Å². The number of anilines is 2. The fourth-order valence-electron chi connectivity index (χ4n) is 3.53. The van der Waals surface area contributed by atoms with Crippen molar-refractivity contribution in [2.45, 2.75) is 13.5 Å². The zero-order chi connectivity index (χ0) is 23.8. The summed E-state index contributed by atoms with van der Waals surface area (Å²) in [4.78, 5) is 23.0. The van der Waals surface area contributed by atoms with E-state index in [1.807, 2.05) is 36.4 Å². The van der Waals surface area contributed by atoms with Crippen LogP contribution in [0, 0.1) is 6.92 Å². The predicted octanol–water partition coefficient (Wildman–Crippen LogP) is 2.78. The number of halogens is 1. The number of nitrogens with one attached hydrogen (secondary N) is 1. The molecule has 0 radical (unpaired) electrons. The number of carbonyl (C=O) groups excluding carboxylic acids is 1. The molecule has 0 bridgehead atoms. The van der Waals surface area contributed by atoms with E-state index >= 15 is 0 Å². The van der Waals surface area contributed by atoms with Gasteiger partial charge in [-0.05, 0) is 36.2 Å². The Labute approximate surface area is 196 Å². The molecule has 1 aliphatic rings. The molecule has 0 atom stereocenters. The van der Waals surface area contributed by atoms with Crippen LogP contribution in [0.5, 0.6) is 5.88 Å². The lowest BCUT2D eigenvalue weighted by molar-refractivity contribution is 0.0990. The number of amides is 1. The van der Waals surface area contributed by atoms with E-state index in [1.165, 1.54) is 0 Å². The van der Waals surface area contributed by atoms with E-state index in [-0.39, 0.29) is 36.3 Å². The quantitative estimate of drug-likeness (QED) is 0.566. The molecule has 0 saturated carbocycles. The lowest BCUT2D eigenvalue weighted by atomic mass is 10.0. The topological polar surface area (TPSA) is 128 Å². The first-order valence-electron chi connectivity index (χ1n) is 10.0. The number of carbonyl (C=O) groups is 1. The normalized spacial score (nSPS) is 13.9. The number of rotatable bonds is 5. The number of nitrogen functional groups attached to an aromatic ring is 1. The Hall–Kier alpha value is -3.21. The van der Waals surface area contributed by atoms with Crippen LogP contribution in [0.3, 0.4) is 0 Å². The molecule has 0 fully saturated rings. The second kappa shape index (κ2) is 8.97. The van der Waals surface area contributed by atoms with Gasteiger partial charge in [0, 0.05) is 22.8 Å². The van der Waals surface area contributed by atoms with Crippen molar-refractivity contribution in [3.8, 4) is 17.0 Å². The van der Waals surface area contributed by atoms with Crippen LogP contribution in [0.2, 0.25) is 5.02 Å². The monoisotopic (exact) mass is 487 g/mol. The van der Waals surface area contributed by atoms with Crippen molar-refractivity contribution in [2.24, 2.45) is 0 Å². The Balaban J connectivity index is 1.58. The van der Waals surface area contributed by atoms with E-state index in [9.17, 15) is 13.2 Å². The largest absolute Gasteiger partial charge is 0.475 e. The summed E-state index contributed by atoms with van der Waals surface area (Å²) in [5, 5.41) is 0.490. The van der Waals surface area contributed by atoms with Gasteiger partial charge in [0.25, 0.3) is 5.91 Å². The van der Waals surface area contributed by atoms with Gasteiger partial charge in [-0.3, -0.25) is 4.79 Å². The van der Waals surface area contributed by atoms with Gasteiger partial charge in [-0.2, -0.15) is 4.98 Å². The number of hydrogen-bond acceptors (Lipinski definition) is 7. The van der Waals surface area contributed by atoms with Gasteiger partial charge in [0.1, 0.15) is 23.8 Å². The minimum atomic E-state index is -3.29. The maximum absolute atomic E-state index is 13.2. The van der Waals surface area contributed by atoms with Crippen molar-refractivity contribution in [1.82, 2.24) is 14.7 Å². The third kappa shape index (κ3) is 5.08. The van der Waals surface area contributed by atoms with Crippen LogP contribution in [0.15, 0.2) is 42.5 Å². The first-order chi connectivity index (χ1) is 15.6. The number of aryl methyl sites for hydroxylation is 1. The Morgan fingerprint density at radius 1 is 1.18 bits per heavy atom. The lowest BCUT2D eigenvalue weighted by Gasteiger charge is -2.20. The average molecular weight is 488 g/mol. The zero-order valence-corrected chi connectivity index (χ0v) is 19.6. The number of nitrogens with zero attached hydrogens (tertiary/aromatic N) is 3. The summed E-state index contributed by atoms with van der Waals surface area (Å²) in [6, 6.07) is 12.7. The first-order valence-corrected chi connectivity index (χ1v) is 12.3. The van der Waals surface area contributed by atoms with Crippen LogP contribution in [0.4, 0.5) is 11.5 Å². The summed E-state index contributed by atoms with van der Waals surface area (Å²) in [6.07, 6.45) is 1.10. The molecule has 1 aliphatic heterocycles. The zero-order valence-electron chi connectivity index (χ0n) is 18.0. The molecule has 9 nitrogen and oxygen atoms in total. The van der Waals surface area contributed by atoms with Gasteiger partial charge in [-0.1, -0.05) is 35.9 Å². The number of nitrogens with two attached hydrogens (primary N) is 1. The number of sulfonamides is 1. The molecule has 11 heteroatoms. The first kappa shape index (κ1) is 23.0. The minimum Gasteiger partial charge on any atom is -0.475 e. The number of ether oxygens (including phenoxy) is 1. The molecule has 0 aliphatic carbocycles. The Morgan fingerprint density at radius 2 is 1.91 bits per heavy atom. The molecular weight excluding hydrogens is 466 g/mol. The van der Waals surface area contributed by atoms with Crippen molar-refractivity contribution >= 4 is 39.0 Å². The van der Waals surface area contributed by atoms with Gasteiger partial charge in [-0.25, -0.2) is 18.1 Å². The molecule has 0 unspecified atom stereocenters. The smallest absolute Gasteiger partial charge is 0.267 e. The molecule has 3 aromatic rings. The number of hydrogen-bond donors (Lipinski definition) is 2. The van der Waals surface area contributed by atoms with E-state index < -0.39 is 10.0 Å². The molecular formula is C22H22ClN5O4S. The highest BCUT2D eigenvalue weighted by atomic mass is 35.5. The van der Waals surface area contributed by atoms with E-state index in [0.717, 1.165) is 22.9 Å². The maximum atomic E-state index is 13.2. The molecule has 1 aromatic heterocycles. The highest BCUT2D eigenvalue weighted by Gasteiger charge is 2.29. The predicted molar refractivity (Wildman–Crippen MR) is 127 cm³/mol. The van der Waals surface area contributed by atoms with E-state index in [4.69, 9.17) is 22.1 Å². The second-order valence-corrected chi connectivity index (χ2v) is 9.84. The summed E-state index contributed by atoms with van der Waals surface area (Å²) < 4.78 is 30.7. The second-order valence-electron chi connectivity index (χ2n) is 7.60. The van der Waals surface area contributed by atoms with E-state index in [2.05, 4.69) is 14.7 Å². The molecule has 2 heterocycles. The standard InChI is InChI=1S/C22H22ClN5O4S/c1-13-26-20(24)19-21(27-13)32-10-9-28(22(19)29)16-6-4-15(5-7-16)17-8-3-14(11-18(17)23)12-25-33(2,30)31/h3-8,11,25H,9-10,12H2,1-2H3,(H2,24,26,27). The number of benzene rings is 2. The van der Waals surface area contributed by atoms with Crippen molar-refractivity contribution < 1.29 is 17.9 Å². The van der Waals surface area contributed by atoms with E-state index in [1.54, 1.807) is 17.9 Å². The van der Waals surface area contributed by atoms with Crippen LogP contribution < -0.4 is 20.1 Å². The molecule has 33 heavy (non-hydrogen) atoms. The number of fused-ring (bicyclic) bond motifs is 1. The maximum Gasteiger partial charge on any atom is 0.267 e. The van der Waals surface area contributed by atoms with Gasteiger partial charge >= 0.3 is 0 Å². The highest BCUT2D eigenvalue weighted by Crippen LogP contribution is 2.32. The molecule has 0 saturated heterocycles. The van der Waals surface area contributed by atoms with Crippen molar-refractivity contribution in [2.75, 3.05) is 30.0 Å². The lowest BCUT2D eigenvalue weighted by Crippen LogP contribution is -2.32. The molecule has 2 aromatic carbocycles. The molecule has 0 spiro atoms. The van der Waals surface area contributed by atoms with Crippen molar-refractivity contribution in [3.63, 3.8) is 0 Å². The number of aromatic nitrogens is 2. The molecule has 4 rings (SSSR count). The highest BCUT2D eigenvalue weighted by molar-refractivity contribution is 7.88. The molecule has 1 amide bonds. The van der Waals surface area contributed by atoms with E-state index in [0.29, 0.717) is 23.1 Å². The van der Waals surface area contributed by atoms with Gasteiger partial charge in [-0.15, -0.1) is 0 Å². The van der Waals surface area contributed by atoms with Crippen LogP contribution in [0.25, 0.3) is 11.1 Å². The Kier molecular flexibility index (Phi) is 6.24. The van der Waals surface area contributed by atoms with Gasteiger partial charge < -0.3 is 15.4 Å². The fourth-order valence-corrected chi connectivity index (χ4v) is 4.27. The fraction of sp³-hybridized carbons (Fsp3) is 0.227. The summed E-state index contributed by atoms with van der Waals surface area (Å²) in [7, 11) is -3.29. The minimum absolute atomic E-state index is 0.0863. The van der Waals surface area contributed by atoms with Gasteiger partial charge in [0.15, 0.2) is 0 Å². The van der Waals surface area contributed by atoms with Crippen LogP contribution >= 0.6 is 11.6 Å². The van der Waals surface area contributed by atoms with Crippen LogP contribution in [-0.2, 0) is 16.6 Å². The molecule has 3 N–H and O–H groups in total. The van der Waals surface area contributed by atoms with Gasteiger partial charge in [0.05, 0.1) is 12.8 Å². The van der Waals surface area contributed by atoms with Crippen molar-refractivity contribution in [1.29, 1.82) is 0 Å². The summed E-state index contributed by atoms with van der Waals surface area (Å²) >= 11 is 6.45. The summed E-state index contributed by atoms with van der Waals surface area (Å²) in [5.74, 6) is 0.393. The average Bonchev–Trinajstić information content (AvgIpc) is 2.90. The Bertz CT molecular complexity index is 1330. The third-order valence-electron chi connectivity index (χ3n) is 5.09.